The van der Waals surface area contributed by atoms with Crippen LogP contribution in [0.2, 0.25) is 0 Å². The summed E-state index contributed by atoms with van der Waals surface area (Å²) in [6, 6.07) is 37.0. The van der Waals surface area contributed by atoms with Crippen LogP contribution in [0.15, 0.2) is 115 Å². The number of unbranched alkanes of at least 4 members (excludes halogenated alkanes) is 6. The third kappa shape index (κ3) is 12.4. The first-order valence-corrected chi connectivity index (χ1v) is 19.8. The number of carbonyl (C=O) groups excluding carboxylic acids is 2. The molecule has 12 heteroatoms. The van der Waals surface area contributed by atoms with Crippen molar-refractivity contribution in [2.24, 2.45) is 0 Å². The second-order valence-electron chi connectivity index (χ2n) is 12.2. The number of nitro groups is 1. The Morgan fingerprint density at radius 3 is 1.63 bits per heavy atom. The summed E-state index contributed by atoms with van der Waals surface area (Å²) >= 11 is 11.3. The van der Waals surface area contributed by atoms with Crippen LogP contribution in [-0.2, 0) is 14.3 Å². The molecule has 0 radical (unpaired) electrons. The van der Waals surface area contributed by atoms with Crippen LogP contribution in [0.5, 0.6) is 0 Å². The quantitative estimate of drug-likeness (QED) is 0.0337. The van der Waals surface area contributed by atoms with E-state index in [0.29, 0.717) is 12.0 Å². The SMILES string of the molecule is O=C(CCCCCCCCC[P+](c1ccccc1)(c1ccccc1)c1ccccc1)OC[C@H](NC(=O)C(Cl)Cl)[C@H](O)c1ccc([N+](=O)[O-])cc1.[Br-]. The minimum atomic E-state index is -1.81. The van der Waals surface area contributed by atoms with Crippen molar-refractivity contribution in [3.63, 3.8) is 0 Å². The normalized spacial score (nSPS) is 12.4. The Hall–Kier alpha value is -3.33. The average molecular weight is 819 g/mol. The van der Waals surface area contributed by atoms with Crippen LogP contribution in [0.3, 0.4) is 0 Å². The van der Waals surface area contributed by atoms with E-state index in [1.54, 1.807) is 0 Å². The minimum Gasteiger partial charge on any atom is -1.00 e. The van der Waals surface area contributed by atoms with Crippen LogP contribution in [-0.4, -0.2) is 45.6 Å². The molecule has 4 aromatic carbocycles. The molecule has 0 fully saturated rings. The van der Waals surface area contributed by atoms with E-state index in [2.05, 4.69) is 96.3 Å². The molecular weight excluding hydrogens is 774 g/mol. The van der Waals surface area contributed by atoms with E-state index in [4.69, 9.17) is 27.9 Å². The van der Waals surface area contributed by atoms with Crippen molar-refractivity contribution in [3.8, 4) is 0 Å². The molecule has 0 heterocycles. The fourth-order valence-electron chi connectivity index (χ4n) is 6.12. The number of hydrogen-bond donors (Lipinski definition) is 2. The predicted molar refractivity (Wildman–Crippen MR) is 203 cm³/mol. The van der Waals surface area contributed by atoms with E-state index in [0.717, 1.165) is 44.7 Å². The van der Waals surface area contributed by atoms with Gasteiger partial charge in [-0.2, -0.15) is 0 Å². The second kappa shape index (κ2) is 21.9. The first-order chi connectivity index (χ1) is 24.2. The maximum absolute atomic E-state index is 12.5. The molecule has 0 saturated heterocycles. The Balaban J connectivity index is 0.00000702. The Morgan fingerprint density at radius 1 is 0.725 bits per heavy atom. The number of nitrogens with one attached hydrogen (secondary N) is 1. The lowest BCUT2D eigenvalue weighted by Crippen LogP contribution is -3.00. The molecule has 2 atom stereocenters. The summed E-state index contributed by atoms with van der Waals surface area (Å²) in [4.78, 5) is 33.7. The van der Waals surface area contributed by atoms with Gasteiger partial charge in [-0.3, -0.25) is 19.7 Å². The zero-order valence-electron chi connectivity index (χ0n) is 28.3. The highest BCUT2D eigenvalue weighted by Crippen LogP contribution is 2.56. The van der Waals surface area contributed by atoms with Gasteiger partial charge >= 0.3 is 5.97 Å². The number of halogens is 3. The van der Waals surface area contributed by atoms with Gasteiger partial charge in [0, 0.05) is 18.6 Å². The molecule has 0 bridgehead atoms. The number of nitro benzene ring substituents is 1. The summed E-state index contributed by atoms with van der Waals surface area (Å²) in [5.74, 6) is -1.21. The number of carbonyl (C=O) groups is 2. The number of amides is 1. The van der Waals surface area contributed by atoms with Crippen LogP contribution in [0.25, 0.3) is 0 Å². The van der Waals surface area contributed by atoms with Crippen molar-refractivity contribution >= 4 is 63.9 Å². The molecule has 0 spiro atoms. The molecule has 0 aliphatic carbocycles. The number of benzene rings is 4. The molecule has 4 aromatic rings. The Labute approximate surface area is 321 Å². The summed E-state index contributed by atoms with van der Waals surface area (Å²) < 4.78 is 5.39. The summed E-state index contributed by atoms with van der Waals surface area (Å²) in [6.45, 7) is -0.317. The second-order valence-corrected chi connectivity index (χ2v) is 16.9. The molecule has 8 nitrogen and oxygen atoms in total. The van der Waals surface area contributed by atoms with E-state index in [1.165, 1.54) is 40.2 Å². The molecule has 2 N–H and O–H groups in total. The summed E-state index contributed by atoms with van der Waals surface area (Å²) in [6.07, 6.45) is 7.00. The first kappa shape index (κ1) is 42.1. The molecule has 0 aliphatic heterocycles. The van der Waals surface area contributed by atoms with Crippen LogP contribution in [0.1, 0.15) is 63.0 Å². The number of rotatable bonds is 20. The number of aliphatic hydroxyl groups excluding tert-OH is 1. The fraction of sp³-hybridized carbons (Fsp3) is 0.333. The molecule has 0 unspecified atom stereocenters. The minimum absolute atomic E-state index is 0. The highest BCUT2D eigenvalue weighted by molar-refractivity contribution is 7.95. The maximum Gasteiger partial charge on any atom is 0.305 e. The summed E-state index contributed by atoms with van der Waals surface area (Å²) in [5, 5.41) is 28.5. The number of non-ortho nitro benzene ring substituents is 1. The Morgan fingerprint density at radius 2 is 1.18 bits per heavy atom. The van der Waals surface area contributed by atoms with Crippen LogP contribution in [0.4, 0.5) is 5.69 Å². The zero-order valence-corrected chi connectivity index (χ0v) is 32.3. The van der Waals surface area contributed by atoms with Crippen molar-refractivity contribution in [1.29, 1.82) is 0 Å². The first-order valence-electron chi connectivity index (χ1n) is 16.9. The lowest BCUT2D eigenvalue weighted by Gasteiger charge is -2.27. The van der Waals surface area contributed by atoms with E-state index in [-0.39, 0.29) is 35.7 Å². The lowest BCUT2D eigenvalue weighted by molar-refractivity contribution is -0.384. The topological polar surface area (TPSA) is 119 Å². The van der Waals surface area contributed by atoms with E-state index in [9.17, 15) is 24.8 Å². The van der Waals surface area contributed by atoms with Crippen LogP contribution >= 0.6 is 30.5 Å². The van der Waals surface area contributed by atoms with Gasteiger partial charge in [0.05, 0.1) is 17.1 Å². The molecule has 0 saturated carbocycles. The number of hydrogen-bond acceptors (Lipinski definition) is 6. The zero-order chi connectivity index (χ0) is 35.8. The molecule has 4 rings (SSSR count). The van der Waals surface area contributed by atoms with Crippen LogP contribution in [0, 0.1) is 10.1 Å². The average Bonchev–Trinajstić information content (AvgIpc) is 3.15. The van der Waals surface area contributed by atoms with Crippen molar-refractivity contribution in [1.82, 2.24) is 5.32 Å². The third-order valence-electron chi connectivity index (χ3n) is 8.74. The van der Waals surface area contributed by atoms with Crippen molar-refractivity contribution in [2.75, 3.05) is 12.8 Å². The summed E-state index contributed by atoms with van der Waals surface area (Å²) in [5.41, 5.74) is 0.150. The van der Waals surface area contributed by atoms with Crippen molar-refractivity contribution in [3.05, 3.63) is 131 Å². The fourth-order valence-corrected chi connectivity index (χ4v) is 10.7. The van der Waals surface area contributed by atoms with Gasteiger partial charge in [0.25, 0.3) is 11.6 Å². The van der Waals surface area contributed by atoms with E-state index in [1.807, 2.05) is 0 Å². The van der Waals surface area contributed by atoms with E-state index >= 15 is 0 Å². The standard InChI is InChI=1S/C39H43Cl2N2O6P.BrH/c40-38(41)39(46)42-35(37(45)30-24-26-31(27-25-30)43(47)48)29-49-36(44)23-15-4-2-1-3-5-16-28-50(32-17-9-6-10-18-32,33-19-11-7-12-20-33)34-21-13-8-14-22-34;/h6-14,17-22,24-27,35,37-38,45H,1-5,15-16,23,28-29H2;1H/t35-,37+;/m0./s1. The van der Waals surface area contributed by atoms with Gasteiger partial charge in [-0.05, 0) is 73.4 Å². The van der Waals surface area contributed by atoms with Crippen LogP contribution < -0.4 is 38.2 Å². The highest BCUT2D eigenvalue weighted by Gasteiger charge is 2.44. The van der Waals surface area contributed by atoms with E-state index < -0.39 is 41.0 Å². The summed E-state index contributed by atoms with van der Waals surface area (Å²) in [7, 11) is -1.81. The smallest absolute Gasteiger partial charge is 0.305 e. The number of ether oxygens (including phenoxy) is 1. The third-order valence-corrected chi connectivity index (χ3v) is 13.7. The number of alkyl halides is 2. The monoisotopic (exact) mass is 816 g/mol. The molecule has 51 heavy (non-hydrogen) atoms. The Kier molecular flexibility index (Phi) is 18.1. The van der Waals surface area contributed by atoms with Gasteiger partial charge in [-0.25, -0.2) is 0 Å². The molecule has 0 aliphatic rings. The van der Waals surface area contributed by atoms with Gasteiger partial charge in [-0.15, -0.1) is 0 Å². The highest BCUT2D eigenvalue weighted by atomic mass is 79.9. The van der Waals surface area contributed by atoms with Gasteiger partial charge in [0.15, 0.2) is 4.84 Å². The number of esters is 1. The van der Waals surface area contributed by atoms with Gasteiger partial charge in [0.2, 0.25) is 0 Å². The molecule has 0 aromatic heterocycles. The van der Waals surface area contributed by atoms with Crippen molar-refractivity contribution < 1.29 is 41.3 Å². The Bertz CT molecular complexity index is 1540. The van der Waals surface area contributed by atoms with Crippen molar-refractivity contribution in [2.45, 2.75) is 68.3 Å². The maximum atomic E-state index is 12.5. The predicted octanol–water partition coefficient (Wildman–Crippen LogP) is 4.58. The van der Waals surface area contributed by atoms with Gasteiger partial charge in [0.1, 0.15) is 35.9 Å². The lowest BCUT2D eigenvalue weighted by atomic mass is 10.0. The molecule has 1 amide bonds. The largest absolute Gasteiger partial charge is 1.00 e. The molecular formula is C39H44BrCl2N2O6P. The molecule has 272 valence electrons. The van der Waals surface area contributed by atoms with Gasteiger partial charge in [-0.1, -0.05) is 103 Å². The van der Waals surface area contributed by atoms with Gasteiger partial charge < -0.3 is 32.1 Å². The number of aliphatic hydroxyl groups is 1. The number of nitrogens with zero attached hydrogens (tertiary/aromatic N) is 1.